The summed E-state index contributed by atoms with van der Waals surface area (Å²) in [6, 6.07) is 7.63. The number of hydrogen-bond donors (Lipinski definition) is 3. The Morgan fingerprint density at radius 1 is 1.21 bits per heavy atom. The predicted molar refractivity (Wildman–Crippen MR) is 103 cm³/mol. The number of aliphatic hydroxyl groups excluding tert-OH is 1. The molecule has 1 unspecified atom stereocenters. The van der Waals surface area contributed by atoms with E-state index in [-0.39, 0.29) is 32.3 Å². The predicted octanol–water partition coefficient (Wildman–Crippen LogP) is -0.454. The molecule has 164 valence electrons. The average molecular weight is 415 g/mol. The van der Waals surface area contributed by atoms with Gasteiger partial charge in [0.25, 0.3) is 5.09 Å². The number of carbonyl (C=O) groups excluding carboxylic acids is 1. The van der Waals surface area contributed by atoms with Crippen molar-refractivity contribution in [3.8, 4) is 5.75 Å². The third-order valence-electron chi connectivity index (χ3n) is 3.62. The lowest BCUT2D eigenvalue weighted by Gasteiger charge is -2.14. The Balaban J connectivity index is 2.01. The monoisotopic (exact) mass is 415 g/mol. The van der Waals surface area contributed by atoms with Gasteiger partial charge in [-0.05, 0) is 24.1 Å². The summed E-state index contributed by atoms with van der Waals surface area (Å²) in [6.45, 7) is 1.46. The molecule has 1 atom stereocenters. The zero-order valence-corrected chi connectivity index (χ0v) is 16.5. The largest absolute Gasteiger partial charge is 0.491 e. The number of benzene rings is 1. The maximum Gasteiger partial charge on any atom is 0.294 e. The second-order valence-electron chi connectivity index (χ2n) is 6.02. The number of hydrogen-bond acceptors (Lipinski definition) is 9. The molecule has 3 N–H and O–H groups in total. The topological polar surface area (TPSA) is 141 Å². The minimum atomic E-state index is -0.922. The molecule has 11 heteroatoms. The number of carbonyl (C=O) groups is 1. The van der Waals surface area contributed by atoms with Crippen LogP contribution >= 0.6 is 0 Å². The molecule has 29 heavy (non-hydrogen) atoms. The molecule has 0 bridgehead atoms. The van der Waals surface area contributed by atoms with Crippen LogP contribution < -0.4 is 15.4 Å². The van der Waals surface area contributed by atoms with Crippen molar-refractivity contribution in [3.05, 3.63) is 39.9 Å². The average Bonchev–Trinajstić information content (AvgIpc) is 2.70. The first kappa shape index (κ1) is 24.6. The second kappa shape index (κ2) is 15.5. The van der Waals surface area contributed by atoms with Gasteiger partial charge in [-0.25, -0.2) is 0 Å². The fraction of sp³-hybridized carbons (Fsp3) is 0.611. The lowest BCUT2D eigenvalue weighted by Crippen LogP contribution is -2.38. The number of nitrogens with zero attached hydrogens (tertiary/aromatic N) is 1. The van der Waals surface area contributed by atoms with Gasteiger partial charge in [0, 0.05) is 26.7 Å². The molecule has 0 spiro atoms. The SMILES string of the molecule is COCCc1ccc(OCC(O)CNCCNC(=O)COCCO[N+](=O)[O-])cc1. The van der Waals surface area contributed by atoms with Crippen molar-refractivity contribution >= 4 is 5.91 Å². The molecule has 0 aliphatic rings. The Morgan fingerprint density at radius 2 is 1.97 bits per heavy atom. The Hall–Kier alpha value is -2.47. The van der Waals surface area contributed by atoms with E-state index in [0.29, 0.717) is 32.0 Å². The number of aliphatic hydroxyl groups is 1. The molecule has 0 aromatic heterocycles. The maximum atomic E-state index is 11.5. The van der Waals surface area contributed by atoms with Crippen LogP contribution in [0.3, 0.4) is 0 Å². The van der Waals surface area contributed by atoms with E-state index in [1.165, 1.54) is 0 Å². The van der Waals surface area contributed by atoms with E-state index in [0.717, 1.165) is 12.0 Å². The molecule has 11 nitrogen and oxygen atoms in total. The molecule has 0 aliphatic heterocycles. The van der Waals surface area contributed by atoms with Gasteiger partial charge < -0.3 is 34.8 Å². The smallest absolute Gasteiger partial charge is 0.294 e. The van der Waals surface area contributed by atoms with Crippen LogP contribution in [0.15, 0.2) is 24.3 Å². The normalized spacial score (nSPS) is 11.7. The number of amides is 1. The summed E-state index contributed by atoms with van der Waals surface area (Å²) in [5.74, 6) is 0.340. The summed E-state index contributed by atoms with van der Waals surface area (Å²) in [5, 5.41) is 24.5. The van der Waals surface area contributed by atoms with E-state index in [9.17, 15) is 20.0 Å². The molecule has 1 aromatic rings. The Bertz CT molecular complexity index is 585. The van der Waals surface area contributed by atoms with Crippen molar-refractivity contribution in [2.75, 3.05) is 59.8 Å². The number of methoxy groups -OCH3 is 1. The minimum absolute atomic E-state index is 0.0469. The van der Waals surface area contributed by atoms with Crippen molar-refractivity contribution < 1.29 is 34.0 Å². The molecule has 1 aromatic carbocycles. The van der Waals surface area contributed by atoms with Gasteiger partial charge in [0.1, 0.15) is 31.7 Å². The fourth-order valence-electron chi connectivity index (χ4n) is 2.17. The summed E-state index contributed by atoms with van der Waals surface area (Å²) in [4.78, 5) is 25.4. The van der Waals surface area contributed by atoms with Crippen LogP contribution in [0.5, 0.6) is 5.75 Å². The highest BCUT2D eigenvalue weighted by Crippen LogP contribution is 2.12. The third-order valence-corrected chi connectivity index (χ3v) is 3.62. The van der Waals surface area contributed by atoms with Gasteiger partial charge in [0.2, 0.25) is 5.91 Å². The van der Waals surface area contributed by atoms with E-state index in [1.54, 1.807) is 7.11 Å². The van der Waals surface area contributed by atoms with Crippen LogP contribution in [0, 0.1) is 10.1 Å². The summed E-state index contributed by atoms with van der Waals surface area (Å²) in [5.41, 5.74) is 1.15. The second-order valence-corrected chi connectivity index (χ2v) is 6.02. The van der Waals surface area contributed by atoms with Crippen molar-refractivity contribution in [3.63, 3.8) is 0 Å². The van der Waals surface area contributed by atoms with Gasteiger partial charge in [-0.3, -0.25) is 4.79 Å². The lowest BCUT2D eigenvalue weighted by molar-refractivity contribution is -0.758. The zero-order chi connectivity index (χ0) is 21.3. The molecule has 1 amide bonds. The standard InChI is InChI=1S/C18H29N3O8/c1-26-9-6-15-2-4-17(5-3-15)28-13-16(22)12-19-7-8-20-18(23)14-27-10-11-29-21(24)25/h2-5,16,19,22H,6-14H2,1H3,(H,20,23). The first-order chi connectivity index (χ1) is 14.0. The first-order valence-electron chi connectivity index (χ1n) is 9.22. The third kappa shape index (κ3) is 13.4. The van der Waals surface area contributed by atoms with Gasteiger partial charge in [-0.15, -0.1) is 10.1 Å². The van der Waals surface area contributed by atoms with Crippen LogP contribution in [0.4, 0.5) is 0 Å². The van der Waals surface area contributed by atoms with Gasteiger partial charge in [-0.2, -0.15) is 0 Å². The molecule has 0 saturated heterocycles. The summed E-state index contributed by atoms with van der Waals surface area (Å²) in [6.07, 6.45) is 0.144. The highest BCUT2D eigenvalue weighted by Gasteiger charge is 2.06. The minimum Gasteiger partial charge on any atom is -0.491 e. The summed E-state index contributed by atoms with van der Waals surface area (Å²) >= 11 is 0. The molecule has 0 fully saturated rings. The quantitative estimate of drug-likeness (QED) is 0.175. The van der Waals surface area contributed by atoms with Crippen LogP contribution in [0.2, 0.25) is 0 Å². The fourth-order valence-corrected chi connectivity index (χ4v) is 2.17. The summed E-state index contributed by atoms with van der Waals surface area (Å²) in [7, 11) is 1.66. The van der Waals surface area contributed by atoms with Crippen LogP contribution in [-0.4, -0.2) is 82.0 Å². The number of nitrogens with one attached hydrogen (secondary N) is 2. The zero-order valence-electron chi connectivity index (χ0n) is 16.5. The number of rotatable bonds is 17. The molecule has 0 aliphatic carbocycles. The molecule has 0 radical (unpaired) electrons. The summed E-state index contributed by atoms with van der Waals surface area (Å²) < 4.78 is 15.5. The van der Waals surface area contributed by atoms with E-state index in [2.05, 4.69) is 15.5 Å². The lowest BCUT2D eigenvalue weighted by atomic mass is 10.1. The Morgan fingerprint density at radius 3 is 2.66 bits per heavy atom. The van der Waals surface area contributed by atoms with Crippen molar-refractivity contribution in [2.24, 2.45) is 0 Å². The van der Waals surface area contributed by atoms with E-state index in [1.807, 2.05) is 24.3 Å². The van der Waals surface area contributed by atoms with E-state index in [4.69, 9.17) is 14.2 Å². The van der Waals surface area contributed by atoms with Gasteiger partial charge in [0.05, 0.1) is 13.2 Å². The molecule has 0 saturated carbocycles. The van der Waals surface area contributed by atoms with Crippen LogP contribution in [0.25, 0.3) is 0 Å². The molecule has 1 rings (SSSR count). The van der Waals surface area contributed by atoms with E-state index >= 15 is 0 Å². The van der Waals surface area contributed by atoms with Gasteiger partial charge in [-0.1, -0.05) is 12.1 Å². The van der Waals surface area contributed by atoms with E-state index < -0.39 is 11.2 Å². The maximum absolute atomic E-state index is 11.5. The van der Waals surface area contributed by atoms with Crippen molar-refractivity contribution in [1.82, 2.24) is 10.6 Å². The Kier molecular flexibility index (Phi) is 13.1. The first-order valence-corrected chi connectivity index (χ1v) is 9.22. The van der Waals surface area contributed by atoms with Crippen molar-refractivity contribution in [1.29, 1.82) is 0 Å². The molecular weight excluding hydrogens is 386 g/mol. The number of ether oxygens (including phenoxy) is 3. The van der Waals surface area contributed by atoms with Crippen molar-refractivity contribution in [2.45, 2.75) is 12.5 Å². The highest BCUT2D eigenvalue weighted by molar-refractivity contribution is 5.77. The van der Waals surface area contributed by atoms with Gasteiger partial charge in [0.15, 0.2) is 0 Å². The van der Waals surface area contributed by atoms with Gasteiger partial charge >= 0.3 is 0 Å². The highest BCUT2D eigenvalue weighted by atomic mass is 17.0. The van der Waals surface area contributed by atoms with Crippen LogP contribution in [0.1, 0.15) is 5.56 Å². The Labute approximate surface area is 169 Å². The van der Waals surface area contributed by atoms with Crippen LogP contribution in [-0.2, 0) is 25.5 Å². The molecule has 0 heterocycles. The molecular formula is C18H29N3O8.